The van der Waals surface area contributed by atoms with Crippen LogP contribution in [0.4, 0.5) is 0 Å². The molecule has 0 radical (unpaired) electrons. The second-order valence-corrected chi connectivity index (χ2v) is 21.7. The van der Waals surface area contributed by atoms with Gasteiger partial charge in [0.15, 0.2) is 0 Å². The molecule has 0 spiro atoms. The molecule has 0 bridgehead atoms. The van der Waals surface area contributed by atoms with Crippen LogP contribution < -0.4 is 15.2 Å². The lowest BCUT2D eigenvalue weighted by atomic mass is 9.96. The van der Waals surface area contributed by atoms with Gasteiger partial charge in [-0.3, -0.25) is 19.6 Å². The van der Waals surface area contributed by atoms with Gasteiger partial charge in [0.05, 0.1) is 9.79 Å². The smallest absolute Gasteiger partial charge is 0.303 e. The lowest BCUT2D eigenvalue weighted by Crippen LogP contribution is -2.25. The molecule has 6 aromatic rings. The van der Waals surface area contributed by atoms with Crippen LogP contribution in [-0.2, 0) is 42.5 Å². The fourth-order valence-corrected chi connectivity index (χ4v) is 10.1. The molecule has 13 nitrogen and oxygen atoms in total. The molecule has 1 fully saturated rings. The zero-order valence-corrected chi connectivity index (χ0v) is 43.7. The van der Waals surface area contributed by atoms with Crippen LogP contribution in [0.2, 0.25) is 10.0 Å². The molecule has 0 atom stereocenters. The van der Waals surface area contributed by atoms with Gasteiger partial charge in [-0.1, -0.05) is 115 Å². The Balaban J connectivity index is 0.000000238. The Morgan fingerprint density at radius 3 is 1.26 bits per heavy atom. The number of sulfonamides is 2. The third-order valence-electron chi connectivity index (χ3n) is 11.7. The predicted molar refractivity (Wildman–Crippen MR) is 290 cm³/mol. The van der Waals surface area contributed by atoms with Crippen LogP contribution in [0, 0.1) is 0 Å². The Morgan fingerprint density at radius 2 is 0.945 bits per heavy atom. The van der Waals surface area contributed by atoms with Crippen LogP contribution in [0.5, 0.6) is 0 Å². The first-order valence-electron chi connectivity index (χ1n) is 24.2. The minimum Gasteiger partial charge on any atom is -0.481 e. The average Bonchev–Trinajstić information content (AvgIpc) is 3.38. The Kier molecular flexibility index (Phi) is 24.0. The molecular formula is C56H63Cl2N5O8S2. The minimum absolute atomic E-state index is 0.127. The van der Waals surface area contributed by atoms with Gasteiger partial charge in [-0.15, -0.1) is 0 Å². The van der Waals surface area contributed by atoms with Crippen molar-refractivity contribution < 1.29 is 36.6 Å². The third-order valence-corrected chi connectivity index (χ3v) is 15.1. The van der Waals surface area contributed by atoms with Gasteiger partial charge in [0, 0.05) is 77.9 Å². The van der Waals surface area contributed by atoms with Gasteiger partial charge in [0.2, 0.25) is 20.0 Å². The monoisotopic (exact) mass is 1070 g/mol. The number of carboxylic acid groups (broad SMARTS) is 2. The summed E-state index contributed by atoms with van der Waals surface area (Å²) in [6.07, 6.45) is 21.5. The summed E-state index contributed by atoms with van der Waals surface area (Å²) in [5.41, 5.74) is 13.5. The molecule has 1 aliphatic rings. The second-order valence-electron chi connectivity index (χ2n) is 17.3. The van der Waals surface area contributed by atoms with Gasteiger partial charge in [0.25, 0.3) is 0 Å². The van der Waals surface area contributed by atoms with E-state index < -0.39 is 32.0 Å². The summed E-state index contributed by atoms with van der Waals surface area (Å²) in [6.45, 7) is 0.537. The Hall–Kier alpha value is -6.04. The molecule has 2 heterocycles. The van der Waals surface area contributed by atoms with E-state index in [0.717, 1.165) is 44.5 Å². The number of benzene rings is 4. The molecule has 0 amide bonds. The predicted octanol–water partition coefficient (Wildman–Crippen LogP) is 11.2. The molecule has 0 unspecified atom stereocenters. The van der Waals surface area contributed by atoms with E-state index in [0.29, 0.717) is 54.6 Å². The molecule has 0 saturated heterocycles. The van der Waals surface area contributed by atoms with E-state index >= 15 is 0 Å². The van der Waals surface area contributed by atoms with Gasteiger partial charge in [0.1, 0.15) is 0 Å². The second kappa shape index (κ2) is 30.2. The van der Waals surface area contributed by atoms with Gasteiger partial charge in [-0.2, -0.15) is 0 Å². The van der Waals surface area contributed by atoms with Crippen molar-refractivity contribution in [3.8, 4) is 0 Å². The number of carbonyl (C=O) groups is 2. The number of aromatic nitrogens is 2. The summed E-state index contributed by atoms with van der Waals surface area (Å²) >= 11 is 11.6. The van der Waals surface area contributed by atoms with E-state index in [1.807, 2.05) is 84.9 Å². The first-order valence-corrected chi connectivity index (χ1v) is 27.9. The third kappa shape index (κ3) is 20.8. The standard InChI is InChI=1S/2C25H25ClN2O4S.C6H13N/c2*26-22-11-13-23(14-12-22)33(31,32)28-17-15-19-7-9-20(10-8-19)24(5-1-2-6-25(29)30)21-4-3-16-27-18-21;7-6-4-2-1-3-5-6/h2*3-5,7-14,16,18,28H,1-2,6,15,17H2,(H,29,30);6H,1-5,7H2/b2*24-5+;. The summed E-state index contributed by atoms with van der Waals surface area (Å²) in [7, 11) is -7.18. The number of allylic oxidation sites excluding steroid dienone is 2. The van der Waals surface area contributed by atoms with E-state index in [1.165, 1.54) is 56.4 Å². The topological polar surface area (TPSA) is 219 Å². The number of nitrogens with one attached hydrogen (secondary N) is 2. The highest BCUT2D eigenvalue weighted by Crippen LogP contribution is 2.27. The van der Waals surface area contributed by atoms with Crippen molar-refractivity contribution in [2.45, 2.75) is 99.3 Å². The molecule has 73 heavy (non-hydrogen) atoms. The molecule has 386 valence electrons. The Morgan fingerprint density at radius 1 is 0.562 bits per heavy atom. The summed E-state index contributed by atoms with van der Waals surface area (Å²) in [5, 5.41) is 18.7. The lowest BCUT2D eigenvalue weighted by molar-refractivity contribution is -0.138. The number of pyridine rings is 2. The Labute approximate surface area is 439 Å². The van der Waals surface area contributed by atoms with E-state index in [1.54, 1.807) is 49.1 Å². The molecule has 1 saturated carbocycles. The maximum atomic E-state index is 12.4. The summed E-state index contributed by atoms with van der Waals surface area (Å²) in [6, 6.07) is 36.1. The maximum absolute atomic E-state index is 12.4. The number of halogens is 2. The van der Waals surface area contributed by atoms with Crippen LogP contribution in [0.15, 0.2) is 168 Å². The normalized spacial score (nSPS) is 13.2. The minimum atomic E-state index is -3.59. The summed E-state index contributed by atoms with van der Waals surface area (Å²) in [4.78, 5) is 30.3. The maximum Gasteiger partial charge on any atom is 0.303 e. The molecule has 4 aromatic carbocycles. The quantitative estimate of drug-likeness (QED) is 0.0403. The molecule has 0 aliphatic heterocycles. The van der Waals surface area contributed by atoms with Crippen LogP contribution in [0.1, 0.15) is 104 Å². The number of nitrogens with two attached hydrogens (primary N) is 1. The summed E-state index contributed by atoms with van der Waals surface area (Å²) in [5.74, 6) is -1.61. The zero-order chi connectivity index (χ0) is 52.5. The molecule has 6 N–H and O–H groups in total. The van der Waals surface area contributed by atoms with Crippen molar-refractivity contribution in [2.24, 2.45) is 5.73 Å². The fourth-order valence-electron chi connectivity index (χ4n) is 7.74. The molecule has 1 aliphatic carbocycles. The van der Waals surface area contributed by atoms with Crippen molar-refractivity contribution in [1.29, 1.82) is 0 Å². The van der Waals surface area contributed by atoms with Crippen LogP contribution in [-0.4, -0.2) is 68.1 Å². The highest BCUT2D eigenvalue weighted by atomic mass is 35.5. The number of hydrogen-bond acceptors (Lipinski definition) is 9. The van der Waals surface area contributed by atoms with Crippen molar-refractivity contribution >= 4 is 66.3 Å². The zero-order valence-electron chi connectivity index (χ0n) is 40.6. The van der Waals surface area contributed by atoms with Gasteiger partial charge in [-0.05, 0) is 145 Å². The number of unbranched alkanes of at least 4 members (excludes halogenated alkanes) is 2. The van der Waals surface area contributed by atoms with Gasteiger partial charge >= 0.3 is 11.9 Å². The fraction of sp³-hybridized carbons (Fsp3) is 0.286. The van der Waals surface area contributed by atoms with Gasteiger partial charge in [-0.25, -0.2) is 26.3 Å². The van der Waals surface area contributed by atoms with Gasteiger partial charge < -0.3 is 15.9 Å². The largest absolute Gasteiger partial charge is 0.481 e. The number of hydrogen-bond donors (Lipinski definition) is 5. The molecule has 17 heteroatoms. The van der Waals surface area contributed by atoms with E-state index in [4.69, 9.17) is 39.1 Å². The van der Waals surface area contributed by atoms with Crippen LogP contribution >= 0.6 is 23.2 Å². The first-order chi connectivity index (χ1) is 35.1. The van der Waals surface area contributed by atoms with Crippen molar-refractivity contribution in [1.82, 2.24) is 19.4 Å². The average molecular weight is 1070 g/mol. The van der Waals surface area contributed by atoms with Crippen molar-refractivity contribution in [3.63, 3.8) is 0 Å². The van der Waals surface area contributed by atoms with Crippen molar-refractivity contribution in [2.75, 3.05) is 13.1 Å². The first kappa shape index (κ1) is 57.9. The molecular weight excluding hydrogens is 1010 g/mol. The number of carboxylic acids is 2. The molecule has 2 aromatic heterocycles. The van der Waals surface area contributed by atoms with E-state index in [9.17, 15) is 26.4 Å². The van der Waals surface area contributed by atoms with Crippen molar-refractivity contribution in [3.05, 3.63) is 202 Å². The number of aliphatic carboxylic acids is 2. The highest BCUT2D eigenvalue weighted by Gasteiger charge is 2.15. The van der Waals surface area contributed by atoms with Crippen LogP contribution in [0.25, 0.3) is 11.1 Å². The Bertz CT molecular complexity index is 2730. The highest BCUT2D eigenvalue weighted by molar-refractivity contribution is 7.89. The van der Waals surface area contributed by atoms with Crippen LogP contribution in [0.3, 0.4) is 0 Å². The lowest BCUT2D eigenvalue weighted by Gasteiger charge is -2.15. The SMILES string of the molecule is NC1CCCCC1.O=C(O)CCC/C=C(\c1ccc(CCNS(=O)(=O)c2ccc(Cl)cc2)cc1)c1cccnc1.O=C(O)CCC/C=C(\c1ccc(CCNS(=O)(=O)c2ccc(Cl)cc2)cc1)c1cccnc1. The van der Waals surface area contributed by atoms with E-state index in [-0.39, 0.29) is 35.7 Å². The number of nitrogens with zero attached hydrogens (tertiary/aromatic N) is 2. The summed E-state index contributed by atoms with van der Waals surface area (Å²) < 4.78 is 54.8. The number of rotatable bonds is 22. The van der Waals surface area contributed by atoms with E-state index in [2.05, 4.69) is 19.4 Å². The molecule has 7 rings (SSSR count).